The lowest BCUT2D eigenvalue weighted by atomic mass is 9.78. The first-order chi connectivity index (χ1) is 12.2. The number of benzene rings is 1. The third-order valence-corrected chi connectivity index (χ3v) is 5.58. The van der Waals surface area contributed by atoms with Crippen molar-refractivity contribution in [1.29, 1.82) is 0 Å². The summed E-state index contributed by atoms with van der Waals surface area (Å²) in [5, 5.41) is 0. The summed E-state index contributed by atoms with van der Waals surface area (Å²) in [6.07, 6.45) is 16.0. The fourth-order valence-electron chi connectivity index (χ4n) is 3.90. The highest BCUT2D eigenvalue weighted by atomic mass is 19.1. The van der Waals surface area contributed by atoms with Crippen molar-refractivity contribution in [3.8, 4) is 11.4 Å². The fourth-order valence-corrected chi connectivity index (χ4v) is 3.90. The van der Waals surface area contributed by atoms with Crippen LogP contribution in [-0.2, 0) is 6.42 Å². The first-order valence-electron chi connectivity index (χ1n) is 9.81. The lowest BCUT2D eigenvalue weighted by Gasteiger charge is -2.28. The number of aromatic nitrogens is 2. The molecule has 0 aliphatic heterocycles. The van der Waals surface area contributed by atoms with Gasteiger partial charge in [0.2, 0.25) is 0 Å². The van der Waals surface area contributed by atoms with Crippen molar-refractivity contribution >= 4 is 0 Å². The highest BCUT2D eigenvalue weighted by molar-refractivity contribution is 5.54. The summed E-state index contributed by atoms with van der Waals surface area (Å²) in [5.41, 5.74) is 2.07. The van der Waals surface area contributed by atoms with Crippen LogP contribution in [0.15, 0.2) is 36.7 Å². The van der Waals surface area contributed by atoms with Gasteiger partial charge in [-0.3, -0.25) is 0 Å². The van der Waals surface area contributed by atoms with Gasteiger partial charge in [0.25, 0.3) is 0 Å². The van der Waals surface area contributed by atoms with Crippen LogP contribution >= 0.6 is 0 Å². The number of hydrogen-bond acceptors (Lipinski definition) is 2. The van der Waals surface area contributed by atoms with Crippen LogP contribution in [-0.4, -0.2) is 9.97 Å². The van der Waals surface area contributed by atoms with Gasteiger partial charge >= 0.3 is 0 Å². The van der Waals surface area contributed by atoms with E-state index >= 15 is 0 Å². The Morgan fingerprint density at radius 2 is 1.52 bits per heavy atom. The summed E-state index contributed by atoms with van der Waals surface area (Å²) >= 11 is 0. The number of unbranched alkanes of at least 4 members (excludes halogenated alkanes) is 1. The van der Waals surface area contributed by atoms with Gasteiger partial charge in [0.15, 0.2) is 5.82 Å². The first-order valence-corrected chi connectivity index (χ1v) is 9.81. The normalized spacial score (nSPS) is 20.6. The van der Waals surface area contributed by atoms with Crippen molar-refractivity contribution in [1.82, 2.24) is 9.97 Å². The van der Waals surface area contributed by atoms with Crippen molar-refractivity contribution < 1.29 is 4.39 Å². The molecule has 0 unspecified atom stereocenters. The van der Waals surface area contributed by atoms with E-state index in [9.17, 15) is 4.39 Å². The maximum absolute atomic E-state index is 13.0. The Balaban J connectivity index is 1.45. The summed E-state index contributed by atoms with van der Waals surface area (Å²) in [6, 6.07) is 6.34. The molecule has 1 aromatic carbocycles. The maximum atomic E-state index is 13.0. The van der Waals surface area contributed by atoms with Gasteiger partial charge in [0.1, 0.15) is 5.82 Å². The first kappa shape index (κ1) is 18.0. The van der Waals surface area contributed by atoms with Gasteiger partial charge in [0, 0.05) is 18.0 Å². The molecule has 0 radical (unpaired) electrons. The van der Waals surface area contributed by atoms with E-state index in [1.54, 1.807) is 12.1 Å². The SMILES string of the molecule is CCCC[C@H]1CC[C@H](CCc2cnc(-c3ccc(F)cc3)nc2)CC1. The Morgan fingerprint density at radius 1 is 0.920 bits per heavy atom. The van der Waals surface area contributed by atoms with Crippen LogP contribution in [0.5, 0.6) is 0 Å². The predicted octanol–water partition coefficient (Wildman–Crippen LogP) is 6.21. The van der Waals surface area contributed by atoms with Crippen molar-refractivity contribution in [2.45, 2.75) is 64.7 Å². The molecule has 1 aromatic heterocycles. The molecule has 2 aromatic rings. The van der Waals surface area contributed by atoms with E-state index in [0.29, 0.717) is 5.82 Å². The molecule has 0 spiro atoms. The van der Waals surface area contributed by atoms with E-state index in [1.807, 2.05) is 12.4 Å². The Hall–Kier alpha value is -1.77. The Labute approximate surface area is 150 Å². The van der Waals surface area contributed by atoms with Gasteiger partial charge in [-0.25, -0.2) is 14.4 Å². The number of halogens is 1. The van der Waals surface area contributed by atoms with Gasteiger partial charge in [-0.05, 0) is 54.5 Å². The highest BCUT2D eigenvalue weighted by Gasteiger charge is 2.20. The zero-order valence-electron chi connectivity index (χ0n) is 15.3. The van der Waals surface area contributed by atoms with Crippen LogP contribution in [0.1, 0.15) is 63.9 Å². The molecular formula is C22H29FN2. The monoisotopic (exact) mass is 340 g/mol. The zero-order chi connectivity index (χ0) is 17.5. The Bertz CT molecular complexity index is 628. The largest absolute Gasteiger partial charge is 0.236 e. The van der Waals surface area contributed by atoms with Crippen molar-refractivity contribution in [2.24, 2.45) is 11.8 Å². The minimum absolute atomic E-state index is 0.232. The molecule has 1 aliphatic rings. The van der Waals surface area contributed by atoms with E-state index in [-0.39, 0.29) is 5.82 Å². The van der Waals surface area contributed by atoms with Gasteiger partial charge in [0.05, 0.1) is 0 Å². The molecule has 1 fully saturated rings. The van der Waals surface area contributed by atoms with Gasteiger partial charge in [-0.1, -0.05) is 51.9 Å². The van der Waals surface area contributed by atoms with Crippen LogP contribution in [0.3, 0.4) is 0 Å². The molecular weight excluding hydrogens is 311 g/mol. The van der Waals surface area contributed by atoms with E-state index in [2.05, 4.69) is 16.9 Å². The molecule has 1 heterocycles. The summed E-state index contributed by atoms with van der Waals surface area (Å²) < 4.78 is 13.0. The number of rotatable bonds is 7. The quantitative estimate of drug-likeness (QED) is 0.598. The average Bonchev–Trinajstić information content (AvgIpc) is 2.67. The minimum Gasteiger partial charge on any atom is -0.236 e. The minimum atomic E-state index is -0.232. The van der Waals surface area contributed by atoms with E-state index in [4.69, 9.17) is 0 Å². The van der Waals surface area contributed by atoms with Crippen LogP contribution < -0.4 is 0 Å². The Morgan fingerprint density at radius 3 is 2.12 bits per heavy atom. The molecule has 134 valence electrons. The summed E-state index contributed by atoms with van der Waals surface area (Å²) in [6.45, 7) is 2.29. The van der Waals surface area contributed by atoms with Gasteiger partial charge in [-0.15, -0.1) is 0 Å². The molecule has 2 nitrogen and oxygen atoms in total. The summed E-state index contributed by atoms with van der Waals surface area (Å²) in [5.74, 6) is 2.29. The van der Waals surface area contributed by atoms with Crippen LogP contribution in [0, 0.1) is 17.7 Å². The third-order valence-electron chi connectivity index (χ3n) is 5.58. The molecule has 3 heteroatoms. The second kappa shape index (κ2) is 9.07. The number of aryl methyl sites for hydroxylation is 1. The topological polar surface area (TPSA) is 25.8 Å². The standard InChI is InChI=1S/C22H29FN2/c1-2-3-4-17-5-7-18(8-6-17)9-10-19-15-24-22(25-16-19)20-11-13-21(23)14-12-20/h11-18H,2-10H2,1H3/t17-,18-. The second-order valence-electron chi connectivity index (χ2n) is 7.49. The van der Waals surface area contributed by atoms with Crippen molar-refractivity contribution in [2.75, 3.05) is 0 Å². The van der Waals surface area contributed by atoms with Gasteiger partial charge in [-0.2, -0.15) is 0 Å². The highest BCUT2D eigenvalue weighted by Crippen LogP contribution is 2.34. The molecule has 0 bridgehead atoms. The van der Waals surface area contributed by atoms with Gasteiger partial charge < -0.3 is 0 Å². The van der Waals surface area contributed by atoms with Crippen molar-refractivity contribution in [3.63, 3.8) is 0 Å². The molecule has 3 rings (SSSR count). The van der Waals surface area contributed by atoms with Crippen LogP contribution in [0.25, 0.3) is 11.4 Å². The molecule has 1 aliphatic carbocycles. The number of nitrogens with zero attached hydrogens (tertiary/aromatic N) is 2. The number of hydrogen-bond donors (Lipinski definition) is 0. The predicted molar refractivity (Wildman–Crippen MR) is 101 cm³/mol. The smallest absolute Gasteiger partial charge is 0.159 e. The molecule has 0 N–H and O–H groups in total. The van der Waals surface area contributed by atoms with Crippen LogP contribution in [0.2, 0.25) is 0 Å². The lowest BCUT2D eigenvalue weighted by molar-refractivity contribution is 0.250. The average molecular weight is 340 g/mol. The molecule has 0 amide bonds. The molecule has 1 saturated carbocycles. The summed E-state index contributed by atoms with van der Waals surface area (Å²) in [7, 11) is 0. The van der Waals surface area contributed by atoms with E-state index in [1.165, 1.54) is 69.1 Å². The maximum Gasteiger partial charge on any atom is 0.159 e. The lowest BCUT2D eigenvalue weighted by Crippen LogP contribution is -2.15. The van der Waals surface area contributed by atoms with Crippen LogP contribution in [0.4, 0.5) is 4.39 Å². The Kier molecular flexibility index (Phi) is 6.55. The second-order valence-corrected chi connectivity index (χ2v) is 7.49. The zero-order valence-corrected chi connectivity index (χ0v) is 15.3. The summed E-state index contributed by atoms with van der Waals surface area (Å²) in [4.78, 5) is 8.91. The van der Waals surface area contributed by atoms with E-state index < -0.39 is 0 Å². The molecule has 0 atom stereocenters. The third kappa shape index (κ3) is 5.35. The fraction of sp³-hybridized carbons (Fsp3) is 0.545. The molecule has 0 saturated heterocycles. The van der Waals surface area contributed by atoms with Crippen molar-refractivity contribution in [3.05, 3.63) is 48.0 Å². The van der Waals surface area contributed by atoms with E-state index in [0.717, 1.165) is 23.8 Å². The molecule has 25 heavy (non-hydrogen) atoms.